The highest BCUT2D eigenvalue weighted by Crippen LogP contribution is 2.30. The number of nitrogens with zero attached hydrogens (tertiary/aromatic N) is 1. The number of amides is 1. The second-order valence-electron chi connectivity index (χ2n) is 6.93. The average molecular weight is 334 g/mol. The Hall–Kier alpha value is -2.08. The first-order valence-electron chi connectivity index (χ1n) is 8.16. The molecular formula is C18H26N2O4. The first-order valence-corrected chi connectivity index (χ1v) is 8.16. The molecule has 6 nitrogen and oxygen atoms in total. The molecule has 1 atom stereocenters. The SMILES string of the molecule is COC(=O)C1(NCc2ccccc2)CCCN1C(=O)OC(C)(C)C. The minimum absolute atomic E-state index is 0.450. The lowest BCUT2D eigenvalue weighted by atomic mass is 10.1. The summed E-state index contributed by atoms with van der Waals surface area (Å²) in [6.07, 6.45) is 0.688. The fourth-order valence-corrected chi connectivity index (χ4v) is 2.86. The standard InChI is InChI=1S/C18H26N2O4/c1-17(2,3)24-16(22)20-12-8-11-18(20,15(21)23-4)19-13-14-9-6-5-7-10-14/h5-7,9-10,19H,8,11-13H2,1-4H3. The van der Waals surface area contributed by atoms with E-state index in [1.807, 2.05) is 30.3 Å². The van der Waals surface area contributed by atoms with Crippen molar-refractivity contribution in [2.24, 2.45) is 0 Å². The van der Waals surface area contributed by atoms with E-state index in [1.54, 1.807) is 20.8 Å². The highest BCUT2D eigenvalue weighted by Gasteiger charge is 2.51. The van der Waals surface area contributed by atoms with Crippen LogP contribution in [0.5, 0.6) is 0 Å². The molecular weight excluding hydrogens is 308 g/mol. The smallest absolute Gasteiger partial charge is 0.412 e. The minimum Gasteiger partial charge on any atom is -0.466 e. The number of rotatable bonds is 4. The molecule has 1 N–H and O–H groups in total. The van der Waals surface area contributed by atoms with Gasteiger partial charge in [0.1, 0.15) is 5.60 Å². The van der Waals surface area contributed by atoms with Gasteiger partial charge in [0.05, 0.1) is 7.11 Å². The largest absolute Gasteiger partial charge is 0.466 e. The fourth-order valence-electron chi connectivity index (χ4n) is 2.86. The van der Waals surface area contributed by atoms with Crippen LogP contribution in [0, 0.1) is 0 Å². The molecule has 1 aromatic rings. The van der Waals surface area contributed by atoms with Crippen LogP contribution < -0.4 is 5.32 Å². The van der Waals surface area contributed by atoms with Crippen LogP contribution in [-0.4, -0.2) is 41.9 Å². The van der Waals surface area contributed by atoms with Crippen molar-refractivity contribution < 1.29 is 19.1 Å². The lowest BCUT2D eigenvalue weighted by Crippen LogP contribution is -2.63. The Morgan fingerprint density at radius 2 is 1.92 bits per heavy atom. The molecule has 1 unspecified atom stereocenters. The monoisotopic (exact) mass is 334 g/mol. The Balaban J connectivity index is 2.22. The summed E-state index contributed by atoms with van der Waals surface area (Å²) in [7, 11) is 1.33. The maximum atomic E-state index is 12.6. The Kier molecular flexibility index (Phi) is 5.49. The lowest BCUT2D eigenvalue weighted by Gasteiger charge is -2.37. The van der Waals surface area contributed by atoms with E-state index >= 15 is 0 Å². The number of hydrogen-bond acceptors (Lipinski definition) is 5. The molecule has 0 saturated carbocycles. The predicted octanol–water partition coefficient (Wildman–Crippen LogP) is 2.68. The van der Waals surface area contributed by atoms with E-state index in [0.29, 0.717) is 25.9 Å². The van der Waals surface area contributed by atoms with Gasteiger partial charge in [0, 0.05) is 13.1 Å². The first-order chi connectivity index (χ1) is 11.3. The van der Waals surface area contributed by atoms with Crippen molar-refractivity contribution >= 4 is 12.1 Å². The molecule has 1 fully saturated rings. The zero-order valence-electron chi connectivity index (χ0n) is 14.8. The van der Waals surface area contributed by atoms with Crippen LogP contribution in [0.2, 0.25) is 0 Å². The topological polar surface area (TPSA) is 67.9 Å². The number of methoxy groups -OCH3 is 1. The number of benzene rings is 1. The van der Waals surface area contributed by atoms with Crippen molar-refractivity contribution in [1.82, 2.24) is 10.2 Å². The van der Waals surface area contributed by atoms with Crippen LogP contribution in [0.15, 0.2) is 30.3 Å². The maximum absolute atomic E-state index is 12.6. The molecule has 0 aliphatic carbocycles. The number of esters is 1. The van der Waals surface area contributed by atoms with Crippen LogP contribution in [0.1, 0.15) is 39.2 Å². The molecule has 2 rings (SSSR count). The summed E-state index contributed by atoms with van der Waals surface area (Å²) in [5.74, 6) is -0.471. The third kappa shape index (κ3) is 4.06. The van der Waals surface area contributed by atoms with Crippen LogP contribution >= 0.6 is 0 Å². The maximum Gasteiger partial charge on any atom is 0.412 e. The lowest BCUT2D eigenvalue weighted by molar-refractivity contribution is -0.155. The van der Waals surface area contributed by atoms with Crippen LogP contribution in [0.25, 0.3) is 0 Å². The van der Waals surface area contributed by atoms with Gasteiger partial charge in [0.2, 0.25) is 0 Å². The van der Waals surface area contributed by atoms with Gasteiger partial charge in [-0.05, 0) is 39.2 Å². The molecule has 24 heavy (non-hydrogen) atoms. The average Bonchev–Trinajstić information content (AvgIpc) is 2.97. The van der Waals surface area contributed by atoms with E-state index in [-0.39, 0.29) is 0 Å². The third-order valence-electron chi connectivity index (χ3n) is 3.95. The summed E-state index contributed by atoms with van der Waals surface area (Å²) in [4.78, 5) is 26.5. The van der Waals surface area contributed by atoms with Crippen molar-refractivity contribution in [3.63, 3.8) is 0 Å². The second-order valence-corrected chi connectivity index (χ2v) is 6.93. The number of carbonyl (C=O) groups excluding carboxylic acids is 2. The number of nitrogens with one attached hydrogen (secondary N) is 1. The van der Waals surface area contributed by atoms with Crippen LogP contribution in [0.4, 0.5) is 4.79 Å². The molecule has 0 aromatic heterocycles. The van der Waals surface area contributed by atoms with Crippen molar-refractivity contribution in [1.29, 1.82) is 0 Å². The summed E-state index contributed by atoms with van der Waals surface area (Å²) >= 11 is 0. The summed E-state index contributed by atoms with van der Waals surface area (Å²) in [5.41, 5.74) is -0.787. The zero-order valence-corrected chi connectivity index (χ0v) is 14.8. The number of carbonyl (C=O) groups is 2. The number of likely N-dealkylation sites (tertiary alicyclic amines) is 1. The molecule has 1 aromatic carbocycles. The molecule has 0 radical (unpaired) electrons. The molecule has 1 aliphatic heterocycles. The Labute approximate surface area is 143 Å². The molecule has 1 heterocycles. The van der Waals surface area contributed by atoms with Crippen molar-refractivity contribution in [2.45, 2.75) is 51.4 Å². The molecule has 6 heteroatoms. The molecule has 1 aliphatic rings. The van der Waals surface area contributed by atoms with Crippen molar-refractivity contribution in [3.05, 3.63) is 35.9 Å². The van der Waals surface area contributed by atoms with E-state index in [9.17, 15) is 9.59 Å². The van der Waals surface area contributed by atoms with Crippen LogP contribution in [0.3, 0.4) is 0 Å². The number of hydrogen-bond donors (Lipinski definition) is 1. The van der Waals surface area contributed by atoms with E-state index in [0.717, 1.165) is 5.56 Å². The molecule has 0 spiro atoms. The summed E-state index contributed by atoms with van der Waals surface area (Å²) in [6, 6.07) is 9.72. The fraction of sp³-hybridized carbons (Fsp3) is 0.556. The van der Waals surface area contributed by atoms with Crippen molar-refractivity contribution in [3.8, 4) is 0 Å². The Morgan fingerprint density at radius 3 is 2.50 bits per heavy atom. The van der Waals surface area contributed by atoms with Gasteiger partial charge in [0.25, 0.3) is 0 Å². The molecule has 0 bridgehead atoms. The highest BCUT2D eigenvalue weighted by molar-refractivity contribution is 5.86. The van der Waals surface area contributed by atoms with E-state index in [1.165, 1.54) is 12.0 Å². The van der Waals surface area contributed by atoms with E-state index in [2.05, 4.69) is 5.32 Å². The van der Waals surface area contributed by atoms with Gasteiger partial charge in [0.15, 0.2) is 5.66 Å². The van der Waals surface area contributed by atoms with Crippen molar-refractivity contribution in [2.75, 3.05) is 13.7 Å². The molecule has 132 valence electrons. The molecule has 1 saturated heterocycles. The van der Waals surface area contributed by atoms with Gasteiger partial charge in [-0.25, -0.2) is 9.59 Å². The quantitative estimate of drug-likeness (QED) is 0.858. The van der Waals surface area contributed by atoms with Gasteiger partial charge in [-0.3, -0.25) is 10.2 Å². The van der Waals surface area contributed by atoms with Gasteiger partial charge in [-0.2, -0.15) is 0 Å². The van der Waals surface area contributed by atoms with E-state index < -0.39 is 23.3 Å². The number of ether oxygens (including phenoxy) is 2. The first kappa shape index (κ1) is 18.3. The summed E-state index contributed by atoms with van der Waals surface area (Å²) in [5, 5.41) is 3.23. The van der Waals surface area contributed by atoms with Gasteiger partial charge in [-0.15, -0.1) is 0 Å². The Morgan fingerprint density at radius 1 is 1.25 bits per heavy atom. The predicted molar refractivity (Wildman–Crippen MR) is 90.2 cm³/mol. The minimum atomic E-state index is -1.19. The van der Waals surface area contributed by atoms with Crippen LogP contribution in [-0.2, 0) is 20.8 Å². The Bertz CT molecular complexity index is 582. The van der Waals surface area contributed by atoms with Gasteiger partial charge in [-0.1, -0.05) is 30.3 Å². The van der Waals surface area contributed by atoms with Gasteiger partial charge >= 0.3 is 12.1 Å². The van der Waals surface area contributed by atoms with Gasteiger partial charge < -0.3 is 9.47 Å². The summed E-state index contributed by atoms with van der Waals surface area (Å²) < 4.78 is 10.4. The highest BCUT2D eigenvalue weighted by atomic mass is 16.6. The molecule has 1 amide bonds. The third-order valence-corrected chi connectivity index (χ3v) is 3.95. The zero-order chi connectivity index (χ0) is 17.8. The van der Waals surface area contributed by atoms with E-state index in [4.69, 9.17) is 9.47 Å². The summed E-state index contributed by atoms with van der Waals surface area (Å²) in [6.45, 7) is 6.32. The normalized spacial score (nSPS) is 20.8. The second kappa shape index (κ2) is 7.21.